The molecule has 1 aliphatic carbocycles. The van der Waals surface area contributed by atoms with Gasteiger partial charge < -0.3 is 19.2 Å². The zero-order valence-electron chi connectivity index (χ0n) is 14.3. The van der Waals surface area contributed by atoms with Crippen molar-refractivity contribution in [2.75, 3.05) is 20.2 Å². The number of oxime groups is 1. The van der Waals surface area contributed by atoms with Crippen LogP contribution in [-0.4, -0.2) is 54.2 Å². The lowest BCUT2D eigenvalue weighted by Gasteiger charge is -2.27. The first kappa shape index (κ1) is 15.6. The van der Waals surface area contributed by atoms with Gasteiger partial charge in [-0.1, -0.05) is 5.16 Å². The molecular weight excluding hydrogens is 284 g/mol. The number of rotatable bonds is 2. The Bertz CT molecular complexity index is 497. The van der Waals surface area contributed by atoms with E-state index in [0.717, 1.165) is 18.8 Å². The second kappa shape index (κ2) is 4.85. The Morgan fingerprint density at radius 3 is 2.41 bits per heavy atom. The molecule has 0 aromatic rings. The molecule has 1 amide bonds. The van der Waals surface area contributed by atoms with Crippen LogP contribution in [0.15, 0.2) is 5.16 Å². The van der Waals surface area contributed by atoms with Crippen molar-refractivity contribution >= 4 is 11.8 Å². The third-order valence-electron chi connectivity index (χ3n) is 4.71. The SMILES string of the molecule is COC1C(C2C3CN(C(=O)OC(C)(C)C)C[C@H]32)=NOC1(C)C. The number of methoxy groups -OCH3 is 1. The molecule has 2 heterocycles. The van der Waals surface area contributed by atoms with Gasteiger partial charge in [0.2, 0.25) is 0 Å². The van der Waals surface area contributed by atoms with Crippen molar-refractivity contribution < 1.29 is 19.1 Å². The van der Waals surface area contributed by atoms with Crippen molar-refractivity contribution in [1.29, 1.82) is 0 Å². The highest BCUT2D eigenvalue weighted by atomic mass is 16.7. The lowest BCUT2D eigenvalue weighted by atomic mass is 9.94. The van der Waals surface area contributed by atoms with E-state index in [1.54, 1.807) is 12.0 Å². The van der Waals surface area contributed by atoms with Gasteiger partial charge in [0.25, 0.3) is 0 Å². The van der Waals surface area contributed by atoms with Crippen LogP contribution >= 0.6 is 0 Å². The molecule has 3 unspecified atom stereocenters. The normalized spacial score (nSPS) is 35.7. The monoisotopic (exact) mass is 310 g/mol. The number of ether oxygens (including phenoxy) is 2. The first-order valence-electron chi connectivity index (χ1n) is 7.91. The Hall–Kier alpha value is -1.30. The zero-order valence-corrected chi connectivity index (χ0v) is 14.3. The van der Waals surface area contributed by atoms with E-state index in [4.69, 9.17) is 14.3 Å². The van der Waals surface area contributed by atoms with Crippen molar-refractivity contribution in [3.05, 3.63) is 0 Å². The van der Waals surface area contributed by atoms with Crippen LogP contribution in [0.3, 0.4) is 0 Å². The van der Waals surface area contributed by atoms with E-state index >= 15 is 0 Å². The summed E-state index contributed by atoms with van der Waals surface area (Å²) in [6.45, 7) is 11.1. The van der Waals surface area contributed by atoms with E-state index in [-0.39, 0.29) is 12.2 Å². The van der Waals surface area contributed by atoms with E-state index in [1.807, 2.05) is 34.6 Å². The number of hydrogen-bond donors (Lipinski definition) is 0. The average molecular weight is 310 g/mol. The van der Waals surface area contributed by atoms with Crippen LogP contribution in [0.4, 0.5) is 4.79 Å². The molecule has 0 spiro atoms. The minimum absolute atomic E-state index is 0.0990. The Labute approximate surface area is 131 Å². The summed E-state index contributed by atoms with van der Waals surface area (Å²) in [6.07, 6.45) is -0.315. The largest absolute Gasteiger partial charge is 0.444 e. The highest BCUT2D eigenvalue weighted by molar-refractivity contribution is 5.95. The second-order valence-electron chi connectivity index (χ2n) is 8.07. The van der Waals surface area contributed by atoms with Crippen molar-refractivity contribution in [2.45, 2.75) is 51.9 Å². The lowest BCUT2D eigenvalue weighted by Crippen LogP contribution is -2.42. The van der Waals surface area contributed by atoms with E-state index in [1.165, 1.54) is 0 Å². The Morgan fingerprint density at radius 2 is 1.91 bits per heavy atom. The van der Waals surface area contributed by atoms with Crippen molar-refractivity contribution in [3.8, 4) is 0 Å². The fourth-order valence-electron chi connectivity index (χ4n) is 3.70. The van der Waals surface area contributed by atoms with Gasteiger partial charge >= 0.3 is 6.09 Å². The molecule has 124 valence electrons. The van der Waals surface area contributed by atoms with E-state index in [0.29, 0.717) is 17.8 Å². The van der Waals surface area contributed by atoms with Gasteiger partial charge in [0.15, 0.2) is 5.60 Å². The van der Waals surface area contributed by atoms with Crippen LogP contribution in [0, 0.1) is 17.8 Å². The van der Waals surface area contributed by atoms with Gasteiger partial charge in [-0.15, -0.1) is 0 Å². The molecule has 1 saturated heterocycles. The van der Waals surface area contributed by atoms with Crippen molar-refractivity contribution in [1.82, 2.24) is 4.90 Å². The minimum Gasteiger partial charge on any atom is -0.444 e. The van der Waals surface area contributed by atoms with E-state index in [2.05, 4.69) is 5.16 Å². The van der Waals surface area contributed by atoms with Crippen LogP contribution in [0.2, 0.25) is 0 Å². The maximum absolute atomic E-state index is 12.1. The predicted molar refractivity (Wildman–Crippen MR) is 81.7 cm³/mol. The third kappa shape index (κ3) is 2.57. The summed E-state index contributed by atoms with van der Waals surface area (Å²) < 4.78 is 11.0. The molecule has 6 nitrogen and oxygen atoms in total. The van der Waals surface area contributed by atoms with Crippen LogP contribution in [0.25, 0.3) is 0 Å². The number of nitrogens with zero attached hydrogens (tertiary/aromatic N) is 2. The highest BCUT2D eigenvalue weighted by Crippen LogP contribution is 2.55. The molecule has 2 fully saturated rings. The molecule has 0 radical (unpaired) electrons. The van der Waals surface area contributed by atoms with E-state index < -0.39 is 11.2 Å². The van der Waals surface area contributed by atoms with Crippen LogP contribution < -0.4 is 0 Å². The van der Waals surface area contributed by atoms with Gasteiger partial charge in [0.05, 0.1) is 5.71 Å². The lowest BCUT2D eigenvalue weighted by molar-refractivity contribution is -0.0617. The standard InChI is InChI=1S/C16H26N2O4/c1-15(2,3)21-14(19)18-7-9-10(8-18)11(9)12-13(20-6)16(4,5)22-17-12/h9-11,13H,7-8H2,1-6H3/t9-,10?,11?,13?/m1/s1. The van der Waals surface area contributed by atoms with Crippen molar-refractivity contribution in [3.63, 3.8) is 0 Å². The number of likely N-dealkylation sites (tertiary alicyclic amines) is 1. The Morgan fingerprint density at radius 1 is 1.32 bits per heavy atom. The predicted octanol–water partition coefficient (Wildman–Crippen LogP) is 2.28. The zero-order chi connectivity index (χ0) is 16.3. The molecule has 6 heteroatoms. The average Bonchev–Trinajstić information content (AvgIpc) is 2.76. The maximum atomic E-state index is 12.1. The smallest absolute Gasteiger partial charge is 0.410 e. The minimum atomic E-state index is -0.447. The fraction of sp³-hybridized carbons (Fsp3) is 0.875. The molecule has 1 saturated carbocycles. The number of hydrogen-bond acceptors (Lipinski definition) is 5. The van der Waals surface area contributed by atoms with Crippen LogP contribution in [0.1, 0.15) is 34.6 Å². The number of carbonyl (C=O) groups is 1. The quantitative estimate of drug-likeness (QED) is 0.785. The van der Waals surface area contributed by atoms with Gasteiger partial charge in [0.1, 0.15) is 11.7 Å². The Kier molecular flexibility index (Phi) is 3.43. The number of fused-ring (bicyclic) bond motifs is 1. The van der Waals surface area contributed by atoms with Gasteiger partial charge in [0, 0.05) is 26.1 Å². The molecule has 3 rings (SSSR count). The molecule has 3 aliphatic rings. The molecule has 2 aliphatic heterocycles. The van der Waals surface area contributed by atoms with Gasteiger partial charge in [-0.2, -0.15) is 0 Å². The van der Waals surface area contributed by atoms with Gasteiger partial charge in [-0.3, -0.25) is 0 Å². The molecule has 0 aromatic heterocycles. The summed E-state index contributed by atoms with van der Waals surface area (Å²) in [5.74, 6) is 1.30. The van der Waals surface area contributed by atoms with E-state index in [9.17, 15) is 4.79 Å². The summed E-state index contributed by atoms with van der Waals surface area (Å²) in [5, 5.41) is 4.27. The summed E-state index contributed by atoms with van der Waals surface area (Å²) in [4.78, 5) is 19.4. The summed E-state index contributed by atoms with van der Waals surface area (Å²) >= 11 is 0. The molecule has 0 N–H and O–H groups in total. The van der Waals surface area contributed by atoms with Crippen LogP contribution in [0.5, 0.6) is 0 Å². The van der Waals surface area contributed by atoms with Crippen LogP contribution in [-0.2, 0) is 14.3 Å². The molecule has 22 heavy (non-hydrogen) atoms. The van der Waals surface area contributed by atoms with Gasteiger partial charge in [-0.05, 0) is 46.5 Å². The second-order valence-corrected chi connectivity index (χ2v) is 8.07. The highest BCUT2D eigenvalue weighted by Gasteiger charge is 2.63. The molecular formula is C16H26N2O4. The fourth-order valence-corrected chi connectivity index (χ4v) is 3.70. The maximum Gasteiger partial charge on any atom is 0.410 e. The first-order valence-corrected chi connectivity index (χ1v) is 7.91. The third-order valence-corrected chi connectivity index (χ3v) is 4.71. The number of piperidine rings is 1. The number of carbonyl (C=O) groups excluding carboxylic acids is 1. The molecule has 4 atom stereocenters. The summed E-state index contributed by atoms with van der Waals surface area (Å²) in [6, 6.07) is 0. The topological polar surface area (TPSA) is 60.4 Å². The Balaban J connectivity index is 1.59. The summed E-state index contributed by atoms with van der Waals surface area (Å²) in [5.41, 5.74) is 0.148. The first-order chi connectivity index (χ1) is 10.1. The van der Waals surface area contributed by atoms with Gasteiger partial charge in [-0.25, -0.2) is 4.79 Å². The molecule has 0 aromatic carbocycles. The molecule has 0 bridgehead atoms. The summed E-state index contributed by atoms with van der Waals surface area (Å²) in [7, 11) is 1.70. The number of amides is 1. The van der Waals surface area contributed by atoms with Crippen molar-refractivity contribution in [2.24, 2.45) is 22.9 Å².